The number of nitro benzene ring substituents is 1. The van der Waals surface area contributed by atoms with E-state index in [0.717, 1.165) is 12.3 Å². The predicted molar refractivity (Wildman–Crippen MR) is 90.6 cm³/mol. The molecule has 0 saturated carbocycles. The molecule has 0 bridgehead atoms. The first-order chi connectivity index (χ1) is 12.3. The Hall–Kier alpha value is -3.47. The van der Waals surface area contributed by atoms with Crippen molar-refractivity contribution >= 4 is 27.9 Å². The second kappa shape index (κ2) is 8.07. The van der Waals surface area contributed by atoms with Crippen molar-refractivity contribution in [2.45, 2.75) is 4.90 Å². The number of carboxylic acids is 1. The Morgan fingerprint density at radius 2 is 2.00 bits per heavy atom. The number of para-hydroxylation sites is 1. The SMILES string of the molecule is O=C(O)COc1ccccc1/C=N/NS(=O)(=O)c1cccc([N+](=O)[O-])c1. The largest absolute Gasteiger partial charge is 0.481 e. The van der Waals surface area contributed by atoms with Gasteiger partial charge in [0.15, 0.2) is 6.61 Å². The fourth-order valence-corrected chi connectivity index (χ4v) is 2.67. The standard InChI is InChI=1S/C15H13N3O7S/c19-15(20)10-25-14-7-2-1-4-11(14)9-16-17-26(23,24)13-6-3-5-12(8-13)18(21)22/h1-9,17H,10H2,(H,19,20)/b16-9+. The number of non-ortho nitro benzene ring substituents is 1. The van der Waals surface area contributed by atoms with Crippen LogP contribution in [0, 0.1) is 10.1 Å². The van der Waals surface area contributed by atoms with E-state index in [9.17, 15) is 23.3 Å². The minimum atomic E-state index is -4.11. The van der Waals surface area contributed by atoms with Crippen LogP contribution >= 0.6 is 0 Å². The van der Waals surface area contributed by atoms with Crippen molar-refractivity contribution in [1.82, 2.24) is 4.83 Å². The highest BCUT2D eigenvalue weighted by molar-refractivity contribution is 7.89. The first-order valence-corrected chi connectivity index (χ1v) is 8.51. The van der Waals surface area contributed by atoms with Crippen LogP contribution in [0.1, 0.15) is 5.56 Å². The number of hydrazone groups is 1. The van der Waals surface area contributed by atoms with Gasteiger partial charge < -0.3 is 9.84 Å². The molecule has 0 aliphatic heterocycles. The lowest BCUT2D eigenvalue weighted by atomic mass is 10.2. The van der Waals surface area contributed by atoms with Crippen molar-refractivity contribution in [2.24, 2.45) is 5.10 Å². The number of carbonyl (C=O) groups is 1. The molecule has 2 rings (SSSR count). The summed E-state index contributed by atoms with van der Waals surface area (Å²) in [6.45, 7) is -0.565. The molecular weight excluding hydrogens is 366 g/mol. The fourth-order valence-electron chi connectivity index (χ4n) is 1.84. The summed E-state index contributed by atoms with van der Waals surface area (Å²) < 4.78 is 29.3. The van der Waals surface area contributed by atoms with Crippen LogP contribution in [-0.4, -0.2) is 37.2 Å². The molecule has 0 saturated heterocycles. The minimum absolute atomic E-state index is 0.202. The molecule has 0 aliphatic carbocycles. The number of aliphatic carboxylic acids is 1. The van der Waals surface area contributed by atoms with Gasteiger partial charge in [-0.3, -0.25) is 10.1 Å². The molecule has 2 N–H and O–H groups in total. The first-order valence-electron chi connectivity index (χ1n) is 7.02. The Balaban J connectivity index is 2.16. The van der Waals surface area contributed by atoms with Crippen LogP contribution in [0.25, 0.3) is 0 Å². The highest BCUT2D eigenvalue weighted by Crippen LogP contribution is 2.18. The molecule has 2 aromatic rings. The number of nitro groups is 1. The third kappa shape index (κ3) is 5.01. The van der Waals surface area contributed by atoms with Gasteiger partial charge >= 0.3 is 5.97 Å². The Labute approximate surface area is 147 Å². The van der Waals surface area contributed by atoms with E-state index < -0.39 is 27.5 Å². The summed E-state index contributed by atoms with van der Waals surface area (Å²) >= 11 is 0. The van der Waals surface area contributed by atoms with Crippen LogP contribution in [0.5, 0.6) is 5.75 Å². The van der Waals surface area contributed by atoms with Gasteiger partial charge in [0.25, 0.3) is 15.7 Å². The molecule has 26 heavy (non-hydrogen) atoms. The van der Waals surface area contributed by atoms with Crippen molar-refractivity contribution in [3.8, 4) is 5.75 Å². The van der Waals surface area contributed by atoms with E-state index in [1.54, 1.807) is 18.2 Å². The van der Waals surface area contributed by atoms with Crippen molar-refractivity contribution < 1.29 is 28.0 Å². The number of sulfonamides is 1. The molecule has 2 aromatic carbocycles. The van der Waals surface area contributed by atoms with Gasteiger partial charge in [0.05, 0.1) is 16.0 Å². The number of carboxylic acid groups (broad SMARTS) is 1. The number of hydrogen-bond acceptors (Lipinski definition) is 7. The predicted octanol–water partition coefficient (Wildman–Crippen LogP) is 1.37. The third-order valence-electron chi connectivity index (χ3n) is 2.99. The number of nitrogens with one attached hydrogen (secondary N) is 1. The van der Waals surface area contributed by atoms with Crippen LogP contribution < -0.4 is 9.57 Å². The number of nitrogens with zero attached hydrogens (tertiary/aromatic N) is 2. The summed E-state index contributed by atoms with van der Waals surface area (Å²) in [5.74, 6) is -0.962. The zero-order valence-electron chi connectivity index (χ0n) is 13.1. The van der Waals surface area contributed by atoms with Gasteiger partial charge in [0.1, 0.15) is 5.75 Å². The van der Waals surface area contributed by atoms with E-state index in [1.807, 2.05) is 4.83 Å². The van der Waals surface area contributed by atoms with Crippen LogP contribution in [0.3, 0.4) is 0 Å². The lowest BCUT2D eigenvalue weighted by molar-refractivity contribution is -0.385. The Kier molecular flexibility index (Phi) is 5.86. The van der Waals surface area contributed by atoms with E-state index in [4.69, 9.17) is 9.84 Å². The van der Waals surface area contributed by atoms with Gasteiger partial charge in [-0.25, -0.2) is 9.63 Å². The Bertz CT molecular complexity index is 957. The molecule has 0 unspecified atom stereocenters. The molecular formula is C15H13N3O7S. The number of ether oxygens (including phenoxy) is 1. The van der Waals surface area contributed by atoms with Crippen molar-refractivity contribution in [1.29, 1.82) is 0 Å². The molecule has 11 heteroatoms. The normalized spacial score (nSPS) is 11.2. The monoisotopic (exact) mass is 379 g/mol. The maximum Gasteiger partial charge on any atom is 0.341 e. The average Bonchev–Trinajstić information content (AvgIpc) is 2.60. The lowest BCUT2D eigenvalue weighted by Gasteiger charge is -2.06. The average molecular weight is 379 g/mol. The number of hydrogen-bond donors (Lipinski definition) is 2. The van der Waals surface area contributed by atoms with Gasteiger partial charge in [-0.1, -0.05) is 18.2 Å². The zero-order valence-corrected chi connectivity index (χ0v) is 13.9. The Morgan fingerprint density at radius 3 is 2.69 bits per heavy atom. The van der Waals surface area contributed by atoms with E-state index in [-0.39, 0.29) is 16.3 Å². The van der Waals surface area contributed by atoms with Gasteiger partial charge in [-0.05, 0) is 18.2 Å². The van der Waals surface area contributed by atoms with Crippen LogP contribution in [0.4, 0.5) is 5.69 Å². The number of rotatable bonds is 8. The van der Waals surface area contributed by atoms with E-state index in [2.05, 4.69) is 5.10 Å². The van der Waals surface area contributed by atoms with Crippen molar-refractivity contribution in [2.75, 3.05) is 6.61 Å². The summed E-state index contributed by atoms with van der Waals surface area (Å²) in [7, 11) is -4.11. The summed E-state index contributed by atoms with van der Waals surface area (Å²) in [6.07, 6.45) is 1.13. The zero-order chi connectivity index (χ0) is 19.2. The fraction of sp³-hybridized carbons (Fsp3) is 0.0667. The van der Waals surface area contributed by atoms with E-state index in [0.29, 0.717) is 5.56 Å². The van der Waals surface area contributed by atoms with Gasteiger partial charge in [-0.2, -0.15) is 13.5 Å². The molecule has 0 heterocycles. The quantitative estimate of drug-likeness (QED) is 0.400. The van der Waals surface area contributed by atoms with Crippen molar-refractivity contribution in [3.63, 3.8) is 0 Å². The second-order valence-electron chi connectivity index (χ2n) is 4.83. The molecule has 10 nitrogen and oxygen atoms in total. The molecule has 0 aliphatic rings. The van der Waals surface area contributed by atoms with Gasteiger partial charge in [0.2, 0.25) is 0 Å². The smallest absolute Gasteiger partial charge is 0.341 e. The first kappa shape index (κ1) is 18.9. The third-order valence-corrected chi connectivity index (χ3v) is 4.21. The summed E-state index contributed by atoms with van der Waals surface area (Å²) in [5.41, 5.74) is -0.0280. The lowest BCUT2D eigenvalue weighted by Crippen LogP contribution is -2.18. The minimum Gasteiger partial charge on any atom is -0.481 e. The number of benzene rings is 2. The maximum absolute atomic E-state index is 12.1. The van der Waals surface area contributed by atoms with E-state index >= 15 is 0 Å². The summed E-state index contributed by atoms with van der Waals surface area (Å²) in [5, 5.41) is 23.0. The molecule has 136 valence electrons. The van der Waals surface area contributed by atoms with Gasteiger partial charge in [0, 0.05) is 17.7 Å². The van der Waals surface area contributed by atoms with E-state index in [1.165, 1.54) is 24.3 Å². The summed E-state index contributed by atoms with van der Waals surface area (Å²) in [6, 6.07) is 10.8. The highest BCUT2D eigenvalue weighted by Gasteiger charge is 2.16. The highest BCUT2D eigenvalue weighted by atomic mass is 32.2. The van der Waals surface area contributed by atoms with Crippen LogP contribution in [0.15, 0.2) is 58.5 Å². The Morgan fingerprint density at radius 1 is 1.27 bits per heavy atom. The van der Waals surface area contributed by atoms with Crippen LogP contribution in [-0.2, 0) is 14.8 Å². The van der Waals surface area contributed by atoms with Gasteiger partial charge in [-0.15, -0.1) is 0 Å². The maximum atomic E-state index is 12.1. The summed E-state index contributed by atoms with van der Waals surface area (Å²) in [4.78, 5) is 22.2. The topological polar surface area (TPSA) is 148 Å². The molecule has 0 fully saturated rings. The molecule has 0 atom stereocenters. The molecule has 0 spiro atoms. The molecule has 0 aromatic heterocycles. The second-order valence-corrected chi connectivity index (χ2v) is 6.49. The molecule has 0 amide bonds. The van der Waals surface area contributed by atoms with Crippen LogP contribution in [0.2, 0.25) is 0 Å². The van der Waals surface area contributed by atoms with Crippen molar-refractivity contribution in [3.05, 3.63) is 64.2 Å². The molecule has 0 radical (unpaired) electrons.